The maximum Gasteiger partial charge on any atom is 0.227 e. The van der Waals surface area contributed by atoms with Crippen LogP contribution in [0.1, 0.15) is 11.3 Å². The number of halogens is 1. The molecule has 0 aliphatic heterocycles. The van der Waals surface area contributed by atoms with Crippen molar-refractivity contribution in [3.63, 3.8) is 0 Å². The average Bonchev–Trinajstić information content (AvgIpc) is 2.10. The Labute approximate surface area is 90.6 Å². The van der Waals surface area contributed by atoms with Crippen molar-refractivity contribution in [1.29, 1.82) is 0 Å². The monoisotopic (exact) mass is 258 g/mol. The molecule has 0 bridgehead atoms. The Kier molecular flexibility index (Phi) is 3.46. The maximum atomic E-state index is 10.7. The summed E-state index contributed by atoms with van der Waals surface area (Å²) in [4.78, 5) is 14.9. The second kappa shape index (κ2) is 4.41. The standard InChI is InChI=1S/C9H11BrN2O2/c1-5-6(4-8(11)13)3-7(10)9(12-5)14-2/h3H,4H2,1-2H3,(H2,11,13). The predicted octanol–water partition coefficient (Wildman–Crippen LogP) is 1.19. The Morgan fingerprint density at radius 3 is 2.86 bits per heavy atom. The smallest absolute Gasteiger partial charge is 0.227 e. The van der Waals surface area contributed by atoms with Gasteiger partial charge in [0.15, 0.2) is 0 Å². The molecule has 5 heteroatoms. The van der Waals surface area contributed by atoms with Crippen molar-refractivity contribution in [3.8, 4) is 5.88 Å². The number of hydrogen-bond acceptors (Lipinski definition) is 3. The first kappa shape index (κ1) is 11.0. The van der Waals surface area contributed by atoms with E-state index in [1.54, 1.807) is 13.2 Å². The third kappa shape index (κ3) is 2.45. The number of ether oxygens (including phenoxy) is 1. The molecule has 1 aromatic rings. The Balaban J connectivity index is 3.08. The summed E-state index contributed by atoms with van der Waals surface area (Å²) in [6.45, 7) is 1.81. The Bertz CT molecular complexity index is 366. The van der Waals surface area contributed by atoms with Gasteiger partial charge in [-0.25, -0.2) is 4.98 Å². The van der Waals surface area contributed by atoms with E-state index in [9.17, 15) is 4.79 Å². The molecule has 76 valence electrons. The average molecular weight is 259 g/mol. The minimum atomic E-state index is -0.369. The van der Waals surface area contributed by atoms with Gasteiger partial charge in [-0.05, 0) is 34.5 Å². The summed E-state index contributed by atoms with van der Waals surface area (Å²) in [6.07, 6.45) is 0.196. The number of carbonyl (C=O) groups excluding carboxylic acids is 1. The highest BCUT2D eigenvalue weighted by molar-refractivity contribution is 9.10. The summed E-state index contributed by atoms with van der Waals surface area (Å²) in [7, 11) is 1.54. The number of methoxy groups -OCH3 is 1. The summed E-state index contributed by atoms with van der Waals surface area (Å²) in [6, 6.07) is 1.80. The summed E-state index contributed by atoms with van der Waals surface area (Å²) in [5.74, 6) is 0.141. The van der Waals surface area contributed by atoms with E-state index in [-0.39, 0.29) is 12.3 Å². The quantitative estimate of drug-likeness (QED) is 0.886. The van der Waals surface area contributed by atoms with Crippen LogP contribution >= 0.6 is 15.9 Å². The number of hydrogen-bond donors (Lipinski definition) is 1. The first-order chi connectivity index (χ1) is 6.54. The summed E-state index contributed by atoms with van der Waals surface area (Å²) >= 11 is 3.29. The molecule has 0 unspecified atom stereocenters. The molecule has 1 heterocycles. The van der Waals surface area contributed by atoms with Gasteiger partial charge in [0.25, 0.3) is 0 Å². The number of aryl methyl sites for hydroxylation is 1. The minimum Gasteiger partial charge on any atom is -0.480 e. The van der Waals surface area contributed by atoms with Gasteiger partial charge in [0.05, 0.1) is 18.0 Å². The lowest BCUT2D eigenvalue weighted by Gasteiger charge is -2.07. The highest BCUT2D eigenvalue weighted by atomic mass is 79.9. The van der Waals surface area contributed by atoms with Gasteiger partial charge in [0, 0.05) is 5.69 Å². The summed E-state index contributed by atoms with van der Waals surface area (Å²) in [5, 5.41) is 0. The SMILES string of the molecule is COc1nc(C)c(CC(N)=O)cc1Br. The zero-order chi connectivity index (χ0) is 10.7. The molecule has 0 saturated heterocycles. The highest BCUT2D eigenvalue weighted by Crippen LogP contribution is 2.24. The number of amides is 1. The van der Waals surface area contributed by atoms with E-state index in [1.807, 2.05) is 6.92 Å². The van der Waals surface area contributed by atoms with Crippen LogP contribution in [-0.2, 0) is 11.2 Å². The van der Waals surface area contributed by atoms with Crippen LogP contribution in [0.2, 0.25) is 0 Å². The molecule has 0 atom stereocenters. The topological polar surface area (TPSA) is 65.2 Å². The second-order valence-corrected chi connectivity index (χ2v) is 3.72. The molecule has 0 saturated carbocycles. The fourth-order valence-corrected chi connectivity index (χ4v) is 1.63. The van der Waals surface area contributed by atoms with E-state index >= 15 is 0 Å². The largest absolute Gasteiger partial charge is 0.480 e. The van der Waals surface area contributed by atoms with Gasteiger partial charge in [-0.3, -0.25) is 4.79 Å². The van der Waals surface area contributed by atoms with Crippen molar-refractivity contribution >= 4 is 21.8 Å². The number of rotatable bonds is 3. The third-order valence-corrected chi connectivity index (χ3v) is 2.37. The molecule has 1 aromatic heterocycles. The van der Waals surface area contributed by atoms with Crippen molar-refractivity contribution in [2.75, 3.05) is 7.11 Å². The van der Waals surface area contributed by atoms with Gasteiger partial charge in [0.2, 0.25) is 11.8 Å². The van der Waals surface area contributed by atoms with Crippen LogP contribution in [-0.4, -0.2) is 18.0 Å². The maximum absolute atomic E-state index is 10.7. The van der Waals surface area contributed by atoms with Crippen LogP contribution in [0.4, 0.5) is 0 Å². The number of nitrogens with zero attached hydrogens (tertiary/aromatic N) is 1. The molecule has 0 spiro atoms. The van der Waals surface area contributed by atoms with Gasteiger partial charge >= 0.3 is 0 Å². The van der Waals surface area contributed by atoms with E-state index in [2.05, 4.69) is 20.9 Å². The molecule has 1 amide bonds. The Morgan fingerprint density at radius 2 is 2.36 bits per heavy atom. The molecule has 2 N–H and O–H groups in total. The van der Waals surface area contributed by atoms with Gasteiger partial charge in [-0.2, -0.15) is 0 Å². The molecule has 0 aliphatic rings. The molecule has 0 aromatic carbocycles. The lowest BCUT2D eigenvalue weighted by molar-refractivity contribution is -0.117. The summed E-state index contributed by atoms with van der Waals surface area (Å²) in [5.41, 5.74) is 6.66. The number of primary amides is 1. The molecule has 14 heavy (non-hydrogen) atoms. The first-order valence-electron chi connectivity index (χ1n) is 4.03. The van der Waals surface area contributed by atoms with Crippen LogP contribution in [0.3, 0.4) is 0 Å². The van der Waals surface area contributed by atoms with E-state index in [0.717, 1.165) is 15.7 Å². The van der Waals surface area contributed by atoms with Gasteiger partial charge < -0.3 is 10.5 Å². The zero-order valence-electron chi connectivity index (χ0n) is 8.00. The predicted molar refractivity (Wildman–Crippen MR) is 56.1 cm³/mol. The fraction of sp³-hybridized carbons (Fsp3) is 0.333. The second-order valence-electron chi connectivity index (χ2n) is 2.87. The lowest BCUT2D eigenvalue weighted by atomic mass is 10.1. The Morgan fingerprint density at radius 1 is 1.71 bits per heavy atom. The van der Waals surface area contributed by atoms with Crippen LogP contribution in [0, 0.1) is 6.92 Å². The molecule has 0 fully saturated rings. The van der Waals surface area contributed by atoms with Crippen LogP contribution in [0.25, 0.3) is 0 Å². The van der Waals surface area contributed by atoms with Crippen molar-refractivity contribution in [2.45, 2.75) is 13.3 Å². The zero-order valence-corrected chi connectivity index (χ0v) is 9.59. The highest BCUT2D eigenvalue weighted by Gasteiger charge is 2.09. The third-order valence-electron chi connectivity index (χ3n) is 1.80. The number of carbonyl (C=O) groups is 1. The molecule has 0 aliphatic carbocycles. The molecule has 0 radical (unpaired) electrons. The van der Waals surface area contributed by atoms with E-state index in [0.29, 0.717) is 5.88 Å². The van der Waals surface area contributed by atoms with Crippen LogP contribution in [0.5, 0.6) is 5.88 Å². The van der Waals surface area contributed by atoms with Gasteiger partial charge in [-0.1, -0.05) is 0 Å². The fourth-order valence-electron chi connectivity index (χ4n) is 1.11. The lowest BCUT2D eigenvalue weighted by Crippen LogP contribution is -2.15. The molecule has 1 rings (SSSR count). The van der Waals surface area contributed by atoms with Crippen molar-refractivity contribution < 1.29 is 9.53 Å². The van der Waals surface area contributed by atoms with Crippen molar-refractivity contribution in [2.24, 2.45) is 5.73 Å². The van der Waals surface area contributed by atoms with E-state index in [1.165, 1.54) is 0 Å². The van der Waals surface area contributed by atoms with Gasteiger partial charge in [0.1, 0.15) is 0 Å². The van der Waals surface area contributed by atoms with Crippen LogP contribution < -0.4 is 10.5 Å². The van der Waals surface area contributed by atoms with Crippen molar-refractivity contribution in [3.05, 3.63) is 21.8 Å². The minimum absolute atomic E-state index is 0.196. The van der Waals surface area contributed by atoms with Crippen LogP contribution in [0.15, 0.2) is 10.5 Å². The number of aromatic nitrogens is 1. The molecular weight excluding hydrogens is 248 g/mol. The molecular formula is C9H11BrN2O2. The summed E-state index contributed by atoms with van der Waals surface area (Å²) < 4.78 is 5.74. The number of pyridine rings is 1. The van der Waals surface area contributed by atoms with E-state index in [4.69, 9.17) is 10.5 Å². The molecule has 4 nitrogen and oxygen atoms in total. The van der Waals surface area contributed by atoms with Gasteiger partial charge in [-0.15, -0.1) is 0 Å². The Hall–Kier alpha value is -1.10. The normalized spacial score (nSPS) is 9.93. The number of nitrogens with two attached hydrogens (primary N) is 1. The first-order valence-corrected chi connectivity index (χ1v) is 4.82. The van der Waals surface area contributed by atoms with E-state index < -0.39 is 0 Å². The van der Waals surface area contributed by atoms with Crippen molar-refractivity contribution in [1.82, 2.24) is 4.98 Å².